The van der Waals surface area contributed by atoms with Crippen LogP contribution in [-0.4, -0.2) is 61.3 Å². The van der Waals surface area contributed by atoms with Gasteiger partial charge in [0.1, 0.15) is 17.6 Å². The average molecular weight is 525 g/mol. The molecule has 1 aliphatic carbocycles. The molecular formula is C17H23Br2N3O6. The molecule has 0 aromatic heterocycles. The second kappa shape index (κ2) is 10.3. The fraction of sp³-hybridized carbons (Fsp3) is 0.588. The number of carbonyl (C=O) groups is 2. The minimum Gasteiger partial charge on any atom is -0.495 e. The third-order valence-electron chi connectivity index (χ3n) is 4.18. The number of hydrogen-bond donors (Lipinski definition) is 3. The number of methoxy groups -OCH3 is 1. The normalized spacial score (nSPS) is 23.7. The molecule has 2 rings (SSSR count). The summed E-state index contributed by atoms with van der Waals surface area (Å²) in [6.45, 7) is 2.96. The summed E-state index contributed by atoms with van der Waals surface area (Å²) in [6.07, 6.45) is 1.62. The number of oxime groups is 1. The minimum atomic E-state index is -1.17. The largest absolute Gasteiger partial charge is 0.495 e. The SMILES string of the molecule is CCOC(=O)NCCCCNC(=O)C1=NO[C@@]2(C=C(Br)C(OC)=C(Br)[C@H]2O)C1. The van der Waals surface area contributed by atoms with Crippen LogP contribution in [0.1, 0.15) is 26.2 Å². The van der Waals surface area contributed by atoms with E-state index in [1.54, 1.807) is 13.0 Å². The summed E-state index contributed by atoms with van der Waals surface area (Å²) >= 11 is 6.69. The van der Waals surface area contributed by atoms with Gasteiger partial charge in [-0.2, -0.15) is 0 Å². The molecule has 3 N–H and O–H groups in total. The minimum absolute atomic E-state index is 0.117. The number of hydrogen-bond acceptors (Lipinski definition) is 7. The van der Waals surface area contributed by atoms with E-state index in [-0.39, 0.29) is 18.0 Å². The maximum atomic E-state index is 12.3. The van der Waals surface area contributed by atoms with Crippen LogP contribution in [0.2, 0.25) is 0 Å². The second-order valence-electron chi connectivity index (χ2n) is 6.15. The summed E-state index contributed by atoms with van der Waals surface area (Å²) in [4.78, 5) is 28.9. The molecule has 0 radical (unpaired) electrons. The first kappa shape index (κ1) is 22.7. The van der Waals surface area contributed by atoms with Crippen LogP contribution in [0.5, 0.6) is 0 Å². The number of nitrogens with one attached hydrogen (secondary N) is 2. The van der Waals surface area contributed by atoms with E-state index in [0.29, 0.717) is 47.3 Å². The number of halogens is 2. The molecule has 9 nitrogen and oxygen atoms in total. The van der Waals surface area contributed by atoms with Crippen LogP contribution in [-0.2, 0) is 19.1 Å². The van der Waals surface area contributed by atoms with Gasteiger partial charge in [-0.25, -0.2) is 4.79 Å². The van der Waals surface area contributed by atoms with Crippen LogP contribution < -0.4 is 10.6 Å². The van der Waals surface area contributed by atoms with E-state index >= 15 is 0 Å². The maximum Gasteiger partial charge on any atom is 0.407 e. The van der Waals surface area contributed by atoms with E-state index in [9.17, 15) is 14.7 Å². The van der Waals surface area contributed by atoms with E-state index in [4.69, 9.17) is 14.3 Å². The zero-order valence-corrected chi connectivity index (χ0v) is 18.8. The van der Waals surface area contributed by atoms with E-state index in [1.165, 1.54) is 7.11 Å². The van der Waals surface area contributed by atoms with Gasteiger partial charge >= 0.3 is 6.09 Å². The zero-order valence-electron chi connectivity index (χ0n) is 15.6. The molecule has 0 aromatic carbocycles. The lowest BCUT2D eigenvalue weighted by molar-refractivity contribution is -0.114. The Labute approximate surface area is 179 Å². The van der Waals surface area contributed by atoms with Gasteiger partial charge in [-0.1, -0.05) is 5.16 Å². The molecule has 2 atom stereocenters. The zero-order chi connectivity index (χ0) is 20.7. The number of amides is 2. The van der Waals surface area contributed by atoms with E-state index in [0.717, 1.165) is 0 Å². The smallest absolute Gasteiger partial charge is 0.407 e. The molecule has 2 amide bonds. The second-order valence-corrected chi connectivity index (χ2v) is 7.86. The van der Waals surface area contributed by atoms with E-state index in [2.05, 4.69) is 47.6 Å². The van der Waals surface area contributed by atoms with Gasteiger partial charge in [0.15, 0.2) is 5.60 Å². The van der Waals surface area contributed by atoms with Crippen molar-refractivity contribution in [2.45, 2.75) is 37.9 Å². The molecule has 1 heterocycles. The lowest BCUT2D eigenvalue weighted by Gasteiger charge is -2.33. The molecule has 0 fully saturated rings. The number of aliphatic hydroxyl groups is 1. The molecule has 2 aliphatic rings. The van der Waals surface area contributed by atoms with Crippen LogP contribution in [0.25, 0.3) is 0 Å². The van der Waals surface area contributed by atoms with E-state index < -0.39 is 17.8 Å². The Morgan fingerprint density at radius 3 is 2.68 bits per heavy atom. The highest BCUT2D eigenvalue weighted by atomic mass is 79.9. The fourth-order valence-electron chi connectivity index (χ4n) is 2.75. The molecule has 0 saturated carbocycles. The van der Waals surface area contributed by atoms with Crippen molar-refractivity contribution in [1.29, 1.82) is 0 Å². The number of ether oxygens (including phenoxy) is 2. The Morgan fingerprint density at radius 1 is 1.36 bits per heavy atom. The molecule has 1 spiro atoms. The molecule has 11 heteroatoms. The summed E-state index contributed by atoms with van der Waals surface area (Å²) < 4.78 is 11.0. The van der Waals surface area contributed by atoms with Gasteiger partial charge in [-0.05, 0) is 57.7 Å². The van der Waals surface area contributed by atoms with Crippen molar-refractivity contribution in [3.8, 4) is 0 Å². The van der Waals surface area contributed by atoms with Crippen molar-refractivity contribution in [2.24, 2.45) is 5.16 Å². The van der Waals surface area contributed by atoms with Gasteiger partial charge in [0.05, 0.1) is 22.7 Å². The Kier molecular flexibility index (Phi) is 8.32. The topological polar surface area (TPSA) is 118 Å². The Hall–Kier alpha value is -1.59. The fourth-order valence-corrected chi connectivity index (χ4v) is 4.54. The van der Waals surface area contributed by atoms with Crippen molar-refractivity contribution in [3.05, 3.63) is 20.8 Å². The molecule has 0 aromatic rings. The molecule has 0 unspecified atom stereocenters. The summed E-state index contributed by atoms with van der Waals surface area (Å²) in [7, 11) is 1.49. The van der Waals surface area contributed by atoms with Crippen LogP contribution in [0.4, 0.5) is 4.79 Å². The molecule has 1 aliphatic heterocycles. The number of allylic oxidation sites excluding steroid dienone is 1. The first-order valence-corrected chi connectivity index (χ1v) is 10.4. The third-order valence-corrected chi connectivity index (χ3v) is 5.56. The quantitative estimate of drug-likeness (QED) is 0.418. The van der Waals surface area contributed by atoms with Crippen molar-refractivity contribution in [3.63, 3.8) is 0 Å². The Balaban J connectivity index is 1.78. The highest BCUT2D eigenvalue weighted by molar-refractivity contribution is 9.12. The number of alkyl carbamates (subject to hydrolysis) is 1. The van der Waals surface area contributed by atoms with Crippen LogP contribution in [0, 0.1) is 0 Å². The lowest BCUT2D eigenvalue weighted by Crippen LogP contribution is -2.45. The highest BCUT2D eigenvalue weighted by Crippen LogP contribution is 2.43. The molecular weight excluding hydrogens is 502 g/mol. The lowest BCUT2D eigenvalue weighted by atomic mass is 9.87. The number of nitrogens with zero attached hydrogens (tertiary/aromatic N) is 1. The molecule has 28 heavy (non-hydrogen) atoms. The van der Waals surface area contributed by atoms with E-state index in [1.807, 2.05) is 0 Å². The average Bonchev–Trinajstić information content (AvgIpc) is 3.08. The summed E-state index contributed by atoms with van der Waals surface area (Å²) in [5.41, 5.74) is -0.975. The number of aliphatic hydroxyl groups excluding tert-OH is 1. The van der Waals surface area contributed by atoms with Crippen LogP contribution >= 0.6 is 31.9 Å². The number of unbranched alkanes of at least 4 members (excludes halogenated alkanes) is 1. The first-order valence-electron chi connectivity index (χ1n) is 8.79. The summed E-state index contributed by atoms with van der Waals surface area (Å²) in [6, 6.07) is 0. The van der Waals surface area contributed by atoms with Crippen molar-refractivity contribution in [1.82, 2.24) is 10.6 Å². The van der Waals surface area contributed by atoms with Crippen molar-refractivity contribution < 1.29 is 29.0 Å². The van der Waals surface area contributed by atoms with Crippen molar-refractivity contribution >= 4 is 49.6 Å². The first-order chi connectivity index (χ1) is 13.3. The van der Waals surface area contributed by atoms with Crippen molar-refractivity contribution in [2.75, 3.05) is 26.8 Å². The van der Waals surface area contributed by atoms with Crippen LogP contribution in [0.15, 0.2) is 26.0 Å². The van der Waals surface area contributed by atoms with Gasteiger partial charge in [-0.3, -0.25) is 4.79 Å². The molecule has 0 saturated heterocycles. The van der Waals surface area contributed by atoms with Gasteiger partial charge in [-0.15, -0.1) is 0 Å². The number of rotatable bonds is 8. The van der Waals surface area contributed by atoms with Crippen LogP contribution in [0.3, 0.4) is 0 Å². The maximum absolute atomic E-state index is 12.3. The van der Waals surface area contributed by atoms with Gasteiger partial charge in [0.2, 0.25) is 0 Å². The Bertz CT molecular complexity index is 709. The predicted molar refractivity (Wildman–Crippen MR) is 109 cm³/mol. The van der Waals surface area contributed by atoms with Gasteiger partial charge in [0.25, 0.3) is 5.91 Å². The van der Waals surface area contributed by atoms with Gasteiger partial charge < -0.3 is 30.1 Å². The van der Waals surface area contributed by atoms with Gasteiger partial charge in [0, 0.05) is 19.5 Å². The molecule has 156 valence electrons. The third kappa shape index (κ3) is 5.26. The molecule has 0 bridgehead atoms. The monoisotopic (exact) mass is 523 g/mol. The predicted octanol–water partition coefficient (Wildman–Crippen LogP) is 2.05. The highest BCUT2D eigenvalue weighted by Gasteiger charge is 2.50. The Morgan fingerprint density at radius 2 is 2.04 bits per heavy atom. The summed E-state index contributed by atoms with van der Waals surface area (Å²) in [5, 5.41) is 19.8. The number of carbonyl (C=O) groups excluding carboxylic acids is 2. The standard InChI is InChI=1S/C17H23Br2N3O6/c1-3-27-16(25)21-7-5-4-6-20-15(24)11-9-17(28-22-11)8-10(18)13(26-2)12(19)14(17)23/h8,14,23H,3-7,9H2,1-2H3,(H,20,24)(H,21,25)/t14-,17+/m1/s1. The summed E-state index contributed by atoms with van der Waals surface area (Å²) in [5.74, 6) is 0.0978.